The van der Waals surface area contributed by atoms with Crippen molar-refractivity contribution in [2.45, 2.75) is 23.4 Å². The Labute approximate surface area is 140 Å². The summed E-state index contributed by atoms with van der Waals surface area (Å²) < 4.78 is 5.81. The lowest BCUT2D eigenvalue weighted by Gasteiger charge is -2.13. The van der Waals surface area contributed by atoms with Crippen LogP contribution in [0, 0.1) is 17.0 Å². The maximum absolute atomic E-state index is 12.3. The molecule has 1 aromatic carbocycles. The van der Waals surface area contributed by atoms with Crippen LogP contribution in [0.15, 0.2) is 22.5 Å². The van der Waals surface area contributed by atoms with Crippen molar-refractivity contribution < 1.29 is 14.5 Å². The Morgan fingerprint density at radius 3 is 2.78 bits per heavy atom. The van der Waals surface area contributed by atoms with Crippen LogP contribution in [0.2, 0.25) is 0 Å². The number of benzene rings is 1. The molecule has 8 nitrogen and oxygen atoms in total. The maximum Gasteiger partial charge on any atom is 0.271 e. The maximum atomic E-state index is 12.3. The highest BCUT2D eigenvalue weighted by Gasteiger charge is 2.20. The molecule has 2 rings (SSSR count). The van der Waals surface area contributed by atoms with Crippen molar-refractivity contribution in [3.8, 4) is 5.75 Å². The van der Waals surface area contributed by atoms with Crippen molar-refractivity contribution in [3.05, 3.63) is 33.3 Å². The van der Waals surface area contributed by atoms with Gasteiger partial charge in [0.2, 0.25) is 5.91 Å². The van der Waals surface area contributed by atoms with Gasteiger partial charge in [-0.2, -0.15) is 0 Å². The van der Waals surface area contributed by atoms with Crippen LogP contribution in [0.4, 0.5) is 11.4 Å². The number of nitro groups is 1. The number of nitro benzene ring substituents is 1. The number of hydrogen-bond donors (Lipinski definition) is 1. The molecule has 0 saturated heterocycles. The van der Waals surface area contributed by atoms with Crippen molar-refractivity contribution in [2.24, 2.45) is 0 Å². The average Bonchev–Trinajstić information content (AvgIpc) is 2.92. The van der Waals surface area contributed by atoms with Gasteiger partial charge < -0.3 is 10.1 Å². The molecule has 1 heterocycles. The van der Waals surface area contributed by atoms with E-state index < -0.39 is 10.2 Å². The van der Waals surface area contributed by atoms with Gasteiger partial charge in [0.1, 0.15) is 10.8 Å². The number of nitrogens with one attached hydrogen (secondary N) is 1. The number of carbonyl (C=O) groups excluding carboxylic acids is 1. The normalized spacial score (nSPS) is 11.8. The van der Waals surface area contributed by atoms with Crippen LogP contribution in [-0.2, 0) is 4.79 Å². The third-order valence-electron chi connectivity index (χ3n) is 2.81. The summed E-state index contributed by atoms with van der Waals surface area (Å²) in [6.07, 6.45) is 0. The SMILES string of the molecule is COc1ccc([N+](=O)[O-])cc1NC(=O)C(C)Sc1nnc(C)s1. The minimum atomic E-state index is -0.530. The summed E-state index contributed by atoms with van der Waals surface area (Å²) in [6, 6.07) is 4.03. The first-order valence-electron chi connectivity index (χ1n) is 6.50. The van der Waals surface area contributed by atoms with Gasteiger partial charge in [-0.1, -0.05) is 23.1 Å². The lowest BCUT2D eigenvalue weighted by Crippen LogP contribution is -2.22. The molecule has 1 aromatic heterocycles. The number of ether oxygens (including phenoxy) is 1. The molecule has 0 spiro atoms. The van der Waals surface area contributed by atoms with E-state index >= 15 is 0 Å². The lowest BCUT2D eigenvalue weighted by molar-refractivity contribution is -0.384. The van der Waals surface area contributed by atoms with Crippen LogP contribution >= 0.6 is 23.1 Å². The van der Waals surface area contributed by atoms with E-state index in [0.717, 1.165) is 5.01 Å². The number of carbonyl (C=O) groups is 1. The molecule has 1 amide bonds. The Hall–Kier alpha value is -2.20. The Balaban J connectivity index is 2.12. The van der Waals surface area contributed by atoms with E-state index in [9.17, 15) is 14.9 Å². The van der Waals surface area contributed by atoms with Gasteiger partial charge in [-0.05, 0) is 19.9 Å². The Morgan fingerprint density at radius 1 is 1.48 bits per heavy atom. The summed E-state index contributed by atoms with van der Waals surface area (Å²) in [5, 5.41) is 21.7. The fourth-order valence-corrected chi connectivity index (χ4v) is 3.63. The zero-order valence-corrected chi connectivity index (χ0v) is 14.2. The van der Waals surface area contributed by atoms with E-state index in [0.29, 0.717) is 10.1 Å². The molecule has 0 bridgehead atoms. The molecule has 0 saturated carbocycles. The van der Waals surface area contributed by atoms with Gasteiger partial charge in [-0.3, -0.25) is 14.9 Å². The number of methoxy groups -OCH3 is 1. The van der Waals surface area contributed by atoms with Gasteiger partial charge in [0.25, 0.3) is 5.69 Å². The minimum absolute atomic E-state index is 0.124. The van der Waals surface area contributed by atoms with E-state index in [1.165, 1.54) is 48.4 Å². The number of aryl methyl sites for hydroxylation is 1. The predicted octanol–water partition coefficient (Wildman–Crippen LogP) is 2.88. The molecule has 1 unspecified atom stereocenters. The Bertz CT molecular complexity index is 735. The summed E-state index contributed by atoms with van der Waals surface area (Å²) >= 11 is 2.67. The first kappa shape index (κ1) is 17.2. The van der Waals surface area contributed by atoms with Crippen molar-refractivity contribution >= 4 is 40.4 Å². The van der Waals surface area contributed by atoms with Crippen LogP contribution in [0.25, 0.3) is 0 Å². The average molecular weight is 354 g/mol. The lowest BCUT2D eigenvalue weighted by atomic mass is 10.2. The van der Waals surface area contributed by atoms with Crippen LogP contribution in [0.3, 0.4) is 0 Å². The van der Waals surface area contributed by atoms with Gasteiger partial charge in [0.15, 0.2) is 4.34 Å². The van der Waals surface area contributed by atoms with Crippen molar-refractivity contribution in [3.63, 3.8) is 0 Å². The Morgan fingerprint density at radius 2 is 2.22 bits per heavy atom. The molecule has 0 radical (unpaired) electrons. The second-order valence-corrected chi connectivity index (χ2v) is 7.25. The molecular weight excluding hydrogens is 340 g/mol. The number of hydrogen-bond acceptors (Lipinski definition) is 8. The molecule has 23 heavy (non-hydrogen) atoms. The molecule has 0 fully saturated rings. The zero-order chi connectivity index (χ0) is 17.0. The van der Waals surface area contributed by atoms with E-state index in [1.54, 1.807) is 6.92 Å². The first-order valence-corrected chi connectivity index (χ1v) is 8.20. The summed E-state index contributed by atoms with van der Waals surface area (Å²) in [6.45, 7) is 3.56. The highest BCUT2D eigenvalue weighted by Crippen LogP contribution is 2.31. The van der Waals surface area contributed by atoms with Gasteiger partial charge >= 0.3 is 0 Å². The van der Waals surface area contributed by atoms with Gasteiger partial charge in [0, 0.05) is 12.1 Å². The van der Waals surface area contributed by atoms with Crippen molar-refractivity contribution in [1.82, 2.24) is 10.2 Å². The Kier molecular flexibility index (Phi) is 5.50. The van der Waals surface area contributed by atoms with Gasteiger partial charge in [-0.25, -0.2) is 0 Å². The van der Waals surface area contributed by atoms with Crippen LogP contribution in [0.5, 0.6) is 5.75 Å². The molecule has 122 valence electrons. The quantitative estimate of drug-likeness (QED) is 0.483. The van der Waals surface area contributed by atoms with Crippen molar-refractivity contribution in [2.75, 3.05) is 12.4 Å². The third kappa shape index (κ3) is 4.39. The second kappa shape index (κ2) is 7.38. The molecule has 0 aliphatic carbocycles. The number of thioether (sulfide) groups is 1. The number of rotatable bonds is 6. The number of anilines is 1. The number of amides is 1. The zero-order valence-electron chi connectivity index (χ0n) is 12.6. The molecule has 1 atom stereocenters. The molecule has 2 aromatic rings. The topological polar surface area (TPSA) is 107 Å². The fourth-order valence-electron chi connectivity index (χ4n) is 1.67. The van der Waals surface area contributed by atoms with E-state index in [1.807, 2.05) is 6.92 Å². The van der Waals surface area contributed by atoms with Crippen LogP contribution in [-0.4, -0.2) is 33.4 Å². The fraction of sp³-hybridized carbons (Fsp3) is 0.308. The minimum Gasteiger partial charge on any atom is -0.495 e. The molecule has 0 aliphatic rings. The largest absolute Gasteiger partial charge is 0.495 e. The number of nitrogens with zero attached hydrogens (tertiary/aromatic N) is 3. The molecular formula is C13H14N4O4S2. The van der Waals surface area contributed by atoms with Crippen LogP contribution < -0.4 is 10.1 Å². The van der Waals surface area contributed by atoms with Gasteiger partial charge in [0.05, 0.1) is 23.0 Å². The molecule has 0 aliphatic heterocycles. The second-order valence-electron chi connectivity index (χ2n) is 4.48. The van der Waals surface area contributed by atoms with E-state index in [-0.39, 0.29) is 17.3 Å². The standard InChI is InChI=1S/C13H14N4O4S2/c1-7(22-13-16-15-8(2)23-13)12(18)14-10-6-9(17(19)20)4-5-11(10)21-3/h4-7H,1-3H3,(H,14,18). The highest BCUT2D eigenvalue weighted by molar-refractivity contribution is 8.02. The molecule has 1 N–H and O–H groups in total. The van der Waals surface area contributed by atoms with Crippen LogP contribution in [0.1, 0.15) is 11.9 Å². The summed E-state index contributed by atoms with van der Waals surface area (Å²) in [5.74, 6) is 0.0505. The van der Waals surface area contributed by atoms with Crippen molar-refractivity contribution in [1.29, 1.82) is 0 Å². The monoisotopic (exact) mass is 354 g/mol. The number of aromatic nitrogens is 2. The number of non-ortho nitro benzene ring substituents is 1. The van der Waals surface area contributed by atoms with Gasteiger partial charge in [-0.15, -0.1) is 10.2 Å². The third-order valence-corrected chi connectivity index (χ3v) is 4.83. The molecule has 10 heteroatoms. The van der Waals surface area contributed by atoms with E-state index in [2.05, 4.69) is 15.5 Å². The first-order chi connectivity index (χ1) is 10.9. The highest BCUT2D eigenvalue weighted by atomic mass is 32.2. The predicted molar refractivity (Wildman–Crippen MR) is 88.2 cm³/mol. The summed E-state index contributed by atoms with van der Waals surface area (Å²) in [4.78, 5) is 22.6. The van der Waals surface area contributed by atoms with E-state index in [4.69, 9.17) is 4.74 Å². The summed E-state index contributed by atoms with van der Waals surface area (Å²) in [7, 11) is 1.43. The summed E-state index contributed by atoms with van der Waals surface area (Å²) in [5.41, 5.74) is 0.133. The smallest absolute Gasteiger partial charge is 0.271 e.